The number of hydrogen-bond donors (Lipinski definition) is 1. The van der Waals surface area contributed by atoms with Gasteiger partial charge in [-0.3, -0.25) is 4.79 Å². The van der Waals surface area contributed by atoms with Crippen LogP contribution >= 0.6 is 23.4 Å². The van der Waals surface area contributed by atoms with Gasteiger partial charge in [-0.15, -0.1) is 11.6 Å². The molecule has 0 saturated carbocycles. The summed E-state index contributed by atoms with van der Waals surface area (Å²) in [6.07, 6.45) is 1.16. The minimum absolute atomic E-state index is 0.149. The molecule has 1 rings (SSSR count). The first-order valence-corrected chi connectivity index (χ1v) is 7.91. The Morgan fingerprint density at radius 1 is 1.37 bits per heavy atom. The lowest BCUT2D eigenvalue weighted by Crippen LogP contribution is -2.29. The fraction of sp³-hybridized carbons (Fsp3) is 0.500. The van der Waals surface area contributed by atoms with Gasteiger partial charge in [-0.2, -0.15) is 11.8 Å². The van der Waals surface area contributed by atoms with Crippen LogP contribution in [0.4, 0.5) is 0 Å². The molecule has 1 unspecified atom stereocenters. The van der Waals surface area contributed by atoms with Crippen molar-refractivity contribution < 1.29 is 9.53 Å². The van der Waals surface area contributed by atoms with Crippen LogP contribution in [0.15, 0.2) is 24.3 Å². The fourth-order valence-corrected chi connectivity index (χ4v) is 2.47. The molecular formula is C14H20ClNO2S. The second-order valence-corrected chi connectivity index (χ2v) is 5.70. The van der Waals surface area contributed by atoms with Crippen molar-refractivity contribution in [2.45, 2.75) is 18.7 Å². The maximum absolute atomic E-state index is 11.8. The Hall–Kier alpha value is -0.870. The van der Waals surface area contributed by atoms with E-state index in [-0.39, 0.29) is 5.91 Å². The van der Waals surface area contributed by atoms with Crippen LogP contribution in [0.1, 0.15) is 24.3 Å². The molecule has 1 atom stereocenters. The Bertz CT molecular complexity index is 384. The lowest BCUT2D eigenvalue weighted by Gasteiger charge is -2.11. The van der Waals surface area contributed by atoms with Gasteiger partial charge in [0.2, 0.25) is 5.91 Å². The van der Waals surface area contributed by atoms with E-state index < -0.39 is 5.38 Å². The number of carbonyl (C=O) groups excluding carboxylic acids is 1. The monoisotopic (exact) mass is 301 g/mol. The zero-order valence-corrected chi connectivity index (χ0v) is 12.9. The summed E-state index contributed by atoms with van der Waals surface area (Å²) >= 11 is 7.97. The van der Waals surface area contributed by atoms with Crippen molar-refractivity contribution in [2.75, 3.05) is 25.2 Å². The maximum atomic E-state index is 11.8. The summed E-state index contributed by atoms with van der Waals surface area (Å²) in [7, 11) is 1.61. The number of nitrogens with one attached hydrogen (secondary N) is 1. The molecule has 0 fully saturated rings. The van der Waals surface area contributed by atoms with Gasteiger partial charge < -0.3 is 10.1 Å². The van der Waals surface area contributed by atoms with E-state index in [1.807, 2.05) is 23.9 Å². The summed E-state index contributed by atoms with van der Waals surface area (Å²) in [6, 6.07) is 7.22. The number of ether oxygens (including phenoxy) is 1. The molecule has 1 aromatic rings. The van der Waals surface area contributed by atoms with Crippen LogP contribution in [0.3, 0.4) is 0 Å². The second kappa shape index (κ2) is 9.10. The molecule has 0 aliphatic carbocycles. The van der Waals surface area contributed by atoms with Gasteiger partial charge >= 0.3 is 0 Å². The highest BCUT2D eigenvalue weighted by molar-refractivity contribution is 7.99. The summed E-state index contributed by atoms with van der Waals surface area (Å²) in [4.78, 5) is 11.8. The third-order valence-corrected chi connectivity index (χ3v) is 4.17. The lowest BCUT2D eigenvalue weighted by atomic mass is 10.1. The van der Waals surface area contributed by atoms with Crippen molar-refractivity contribution >= 4 is 29.3 Å². The zero-order chi connectivity index (χ0) is 14.1. The number of amides is 1. The minimum atomic E-state index is -0.651. The van der Waals surface area contributed by atoms with E-state index in [0.29, 0.717) is 6.54 Å². The largest absolute Gasteiger partial charge is 0.497 e. The first kappa shape index (κ1) is 16.2. The van der Waals surface area contributed by atoms with Crippen LogP contribution in [-0.4, -0.2) is 31.1 Å². The molecular weight excluding hydrogens is 282 g/mol. The van der Waals surface area contributed by atoms with Crippen molar-refractivity contribution in [3.63, 3.8) is 0 Å². The van der Waals surface area contributed by atoms with E-state index in [1.165, 1.54) is 0 Å². The molecule has 1 N–H and O–H groups in total. The average molecular weight is 302 g/mol. The molecule has 0 saturated heterocycles. The molecule has 0 bridgehead atoms. The average Bonchev–Trinajstić information content (AvgIpc) is 2.46. The second-order valence-electron chi connectivity index (χ2n) is 4.04. The Labute approximate surface area is 124 Å². The lowest BCUT2D eigenvalue weighted by molar-refractivity contribution is -0.120. The van der Waals surface area contributed by atoms with Crippen LogP contribution in [0, 0.1) is 0 Å². The minimum Gasteiger partial charge on any atom is -0.497 e. The third-order valence-electron chi connectivity index (χ3n) is 2.53. The van der Waals surface area contributed by atoms with Crippen molar-refractivity contribution in [3.8, 4) is 5.75 Å². The Balaban J connectivity index is 2.38. The van der Waals surface area contributed by atoms with Crippen LogP contribution in [0.5, 0.6) is 5.75 Å². The van der Waals surface area contributed by atoms with Gasteiger partial charge in [-0.25, -0.2) is 0 Å². The van der Waals surface area contributed by atoms with E-state index >= 15 is 0 Å². The Morgan fingerprint density at radius 3 is 2.63 bits per heavy atom. The highest BCUT2D eigenvalue weighted by Crippen LogP contribution is 2.22. The highest BCUT2D eigenvalue weighted by atomic mass is 35.5. The first-order valence-electron chi connectivity index (χ1n) is 6.32. The van der Waals surface area contributed by atoms with E-state index in [2.05, 4.69) is 12.2 Å². The van der Waals surface area contributed by atoms with E-state index in [4.69, 9.17) is 16.3 Å². The fourth-order valence-electron chi connectivity index (χ4n) is 1.51. The first-order chi connectivity index (χ1) is 9.19. The number of methoxy groups -OCH3 is 1. The molecule has 0 aliphatic heterocycles. The zero-order valence-electron chi connectivity index (χ0n) is 11.3. The third kappa shape index (κ3) is 5.74. The number of rotatable bonds is 8. The molecule has 5 heteroatoms. The van der Waals surface area contributed by atoms with Crippen LogP contribution < -0.4 is 10.1 Å². The number of alkyl halides is 1. The quantitative estimate of drug-likeness (QED) is 0.592. The van der Waals surface area contributed by atoms with Crippen LogP contribution in [-0.2, 0) is 4.79 Å². The number of halogens is 1. The molecule has 0 radical (unpaired) electrons. The summed E-state index contributed by atoms with van der Waals surface area (Å²) < 4.78 is 5.07. The SMILES string of the molecule is CCCSCCNC(=O)C(Cl)c1ccc(OC)cc1. The standard InChI is InChI=1S/C14H20ClNO2S/c1-3-9-19-10-8-16-14(17)13(15)11-4-6-12(18-2)7-5-11/h4-7,13H,3,8-10H2,1-2H3,(H,16,17). The van der Waals surface area contributed by atoms with Gasteiger partial charge in [0.1, 0.15) is 11.1 Å². The molecule has 106 valence electrons. The Morgan fingerprint density at radius 2 is 2.05 bits per heavy atom. The molecule has 19 heavy (non-hydrogen) atoms. The van der Waals surface area contributed by atoms with Gasteiger partial charge in [0, 0.05) is 12.3 Å². The number of thioether (sulfide) groups is 1. The van der Waals surface area contributed by atoms with E-state index in [1.54, 1.807) is 19.2 Å². The molecule has 0 spiro atoms. The van der Waals surface area contributed by atoms with Gasteiger partial charge in [-0.1, -0.05) is 19.1 Å². The predicted molar refractivity (Wildman–Crippen MR) is 82.2 cm³/mol. The molecule has 0 aliphatic rings. The summed E-state index contributed by atoms with van der Waals surface area (Å²) in [6.45, 7) is 2.80. The van der Waals surface area contributed by atoms with E-state index in [0.717, 1.165) is 29.2 Å². The van der Waals surface area contributed by atoms with Crippen molar-refractivity contribution in [3.05, 3.63) is 29.8 Å². The smallest absolute Gasteiger partial charge is 0.242 e. The molecule has 1 amide bonds. The summed E-state index contributed by atoms with van der Waals surface area (Å²) in [5.74, 6) is 2.65. The van der Waals surface area contributed by atoms with Crippen LogP contribution in [0.25, 0.3) is 0 Å². The normalized spacial score (nSPS) is 11.9. The number of hydrogen-bond acceptors (Lipinski definition) is 3. The maximum Gasteiger partial charge on any atom is 0.242 e. The summed E-state index contributed by atoms with van der Waals surface area (Å²) in [5.41, 5.74) is 0.779. The molecule has 1 aromatic carbocycles. The molecule has 3 nitrogen and oxygen atoms in total. The molecule has 0 heterocycles. The molecule has 0 aromatic heterocycles. The van der Waals surface area contributed by atoms with Gasteiger partial charge in [-0.05, 0) is 29.9 Å². The van der Waals surface area contributed by atoms with Crippen molar-refractivity contribution in [1.29, 1.82) is 0 Å². The van der Waals surface area contributed by atoms with Gasteiger partial charge in [0.25, 0.3) is 0 Å². The number of benzene rings is 1. The van der Waals surface area contributed by atoms with Crippen molar-refractivity contribution in [1.82, 2.24) is 5.32 Å². The number of carbonyl (C=O) groups is 1. The topological polar surface area (TPSA) is 38.3 Å². The van der Waals surface area contributed by atoms with Crippen molar-refractivity contribution in [2.24, 2.45) is 0 Å². The van der Waals surface area contributed by atoms with Crippen LogP contribution in [0.2, 0.25) is 0 Å². The van der Waals surface area contributed by atoms with E-state index in [9.17, 15) is 4.79 Å². The highest BCUT2D eigenvalue weighted by Gasteiger charge is 2.16. The van der Waals surface area contributed by atoms with Gasteiger partial charge in [0.15, 0.2) is 0 Å². The predicted octanol–water partition coefficient (Wildman–Crippen LogP) is 3.23. The Kier molecular flexibility index (Phi) is 7.75. The van der Waals surface area contributed by atoms with Gasteiger partial charge in [0.05, 0.1) is 7.11 Å². The summed E-state index contributed by atoms with van der Waals surface area (Å²) in [5, 5.41) is 2.19.